The maximum atomic E-state index is 12.5. The van der Waals surface area contributed by atoms with Crippen LogP contribution in [0.4, 0.5) is 10.5 Å². The van der Waals surface area contributed by atoms with Gasteiger partial charge in [-0.3, -0.25) is 4.79 Å². The van der Waals surface area contributed by atoms with Gasteiger partial charge in [-0.25, -0.2) is 4.79 Å². The van der Waals surface area contributed by atoms with Gasteiger partial charge in [0.1, 0.15) is 6.04 Å². The SMILES string of the molecule is CCOCCCNC(=O)[C@@H]1CCCN1C(=O)Nc1cccc(C)c1. The molecule has 1 aromatic carbocycles. The molecule has 1 aliphatic heterocycles. The molecule has 6 heteroatoms. The van der Waals surface area contributed by atoms with E-state index in [1.54, 1.807) is 4.90 Å². The van der Waals surface area contributed by atoms with Crippen molar-refractivity contribution in [3.63, 3.8) is 0 Å². The summed E-state index contributed by atoms with van der Waals surface area (Å²) in [6, 6.07) is 7.04. The van der Waals surface area contributed by atoms with Gasteiger partial charge in [-0.1, -0.05) is 12.1 Å². The lowest BCUT2D eigenvalue weighted by Crippen LogP contribution is -2.47. The number of nitrogens with one attached hydrogen (secondary N) is 2. The Morgan fingerprint density at radius 3 is 2.96 bits per heavy atom. The second kappa shape index (κ2) is 9.27. The number of anilines is 1. The molecule has 0 radical (unpaired) electrons. The first-order valence-electron chi connectivity index (χ1n) is 8.61. The van der Waals surface area contributed by atoms with Gasteiger partial charge in [0.2, 0.25) is 5.91 Å². The van der Waals surface area contributed by atoms with Crippen LogP contribution in [0.5, 0.6) is 0 Å². The summed E-state index contributed by atoms with van der Waals surface area (Å²) < 4.78 is 5.25. The molecule has 2 rings (SSSR count). The molecule has 1 aliphatic rings. The number of amides is 3. The van der Waals surface area contributed by atoms with Crippen LogP contribution in [-0.4, -0.2) is 49.2 Å². The van der Waals surface area contributed by atoms with Crippen molar-refractivity contribution in [1.29, 1.82) is 0 Å². The average molecular weight is 333 g/mol. The van der Waals surface area contributed by atoms with Crippen molar-refractivity contribution >= 4 is 17.6 Å². The normalized spacial score (nSPS) is 16.9. The monoisotopic (exact) mass is 333 g/mol. The fraction of sp³-hybridized carbons (Fsp3) is 0.556. The summed E-state index contributed by atoms with van der Waals surface area (Å²) in [5, 5.41) is 5.78. The van der Waals surface area contributed by atoms with E-state index in [9.17, 15) is 9.59 Å². The summed E-state index contributed by atoms with van der Waals surface area (Å²) in [6.07, 6.45) is 2.33. The molecular formula is C18H27N3O3. The van der Waals surface area contributed by atoms with Gasteiger partial charge in [-0.05, 0) is 50.8 Å². The van der Waals surface area contributed by atoms with Crippen molar-refractivity contribution in [3.8, 4) is 0 Å². The molecule has 0 unspecified atom stereocenters. The number of hydrogen-bond donors (Lipinski definition) is 2. The molecule has 2 N–H and O–H groups in total. The molecule has 0 aliphatic carbocycles. The first kappa shape index (κ1) is 18.3. The molecule has 0 aromatic heterocycles. The van der Waals surface area contributed by atoms with Gasteiger partial charge in [0.25, 0.3) is 0 Å². The van der Waals surface area contributed by atoms with Crippen LogP contribution in [0.25, 0.3) is 0 Å². The summed E-state index contributed by atoms with van der Waals surface area (Å²) in [7, 11) is 0. The molecule has 132 valence electrons. The maximum absolute atomic E-state index is 12.5. The van der Waals surface area contributed by atoms with Crippen molar-refractivity contribution in [2.24, 2.45) is 0 Å². The van der Waals surface area contributed by atoms with Gasteiger partial charge in [0, 0.05) is 32.0 Å². The third kappa shape index (κ3) is 5.23. The second-order valence-electron chi connectivity index (χ2n) is 5.99. The third-order valence-electron chi connectivity index (χ3n) is 4.05. The van der Waals surface area contributed by atoms with Crippen LogP contribution >= 0.6 is 0 Å². The number of benzene rings is 1. The summed E-state index contributed by atoms with van der Waals surface area (Å²) in [6.45, 7) is 6.42. The molecule has 1 atom stereocenters. The minimum Gasteiger partial charge on any atom is -0.382 e. The number of rotatable bonds is 7. The van der Waals surface area contributed by atoms with Crippen molar-refractivity contribution in [3.05, 3.63) is 29.8 Å². The second-order valence-corrected chi connectivity index (χ2v) is 5.99. The summed E-state index contributed by atoms with van der Waals surface area (Å²) in [5.74, 6) is -0.0802. The van der Waals surface area contributed by atoms with Crippen LogP contribution in [0.1, 0.15) is 31.7 Å². The van der Waals surface area contributed by atoms with Gasteiger partial charge in [0.05, 0.1) is 0 Å². The van der Waals surface area contributed by atoms with E-state index in [0.29, 0.717) is 32.7 Å². The standard InChI is InChI=1S/C18H27N3O3/c1-3-24-12-6-10-19-17(22)16-9-5-11-21(16)18(23)20-15-8-4-7-14(2)13-15/h4,7-8,13,16H,3,5-6,9-12H2,1-2H3,(H,19,22)(H,20,23)/t16-/m0/s1. The minimum absolute atomic E-state index is 0.0802. The Morgan fingerprint density at radius 2 is 2.21 bits per heavy atom. The van der Waals surface area contributed by atoms with E-state index >= 15 is 0 Å². The highest BCUT2D eigenvalue weighted by Crippen LogP contribution is 2.19. The summed E-state index contributed by atoms with van der Waals surface area (Å²) >= 11 is 0. The number of nitrogens with zero attached hydrogens (tertiary/aromatic N) is 1. The third-order valence-corrected chi connectivity index (χ3v) is 4.05. The first-order valence-corrected chi connectivity index (χ1v) is 8.61. The molecule has 0 bridgehead atoms. The summed E-state index contributed by atoms with van der Waals surface area (Å²) in [5.41, 5.74) is 1.83. The predicted molar refractivity (Wildman–Crippen MR) is 94.0 cm³/mol. The van der Waals surface area contributed by atoms with Crippen LogP contribution < -0.4 is 10.6 Å². The maximum Gasteiger partial charge on any atom is 0.322 e. The first-order chi connectivity index (χ1) is 11.6. The van der Waals surface area contributed by atoms with Crippen LogP contribution in [-0.2, 0) is 9.53 Å². The van der Waals surface area contributed by atoms with E-state index in [-0.39, 0.29) is 18.0 Å². The fourth-order valence-corrected chi connectivity index (χ4v) is 2.85. The number of ether oxygens (including phenoxy) is 1. The molecule has 0 spiro atoms. The minimum atomic E-state index is -0.387. The average Bonchev–Trinajstić information content (AvgIpc) is 3.04. The Morgan fingerprint density at radius 1 is 1.38 bits per heavy atom. The van der Waals surface area contributed by atoms with Crippen molar-refractivity contribution < 1.29 is 14.3 Å². The Labute approximate surface area is 143 Å². The van der Waals surface area contributed by atoms with E-state index < -0.39 is 0 Å². The lowest BCUT2D eigenvalue weighted by atomic mass is 10.2. The lowest BCUT2D eigenvalue weighted by molar-refractivity contribution is -0.124. The Bertz CT molecular complexity index is 562. The topological polar surface area (TPSA) is 70.7 Å². The lowest BCUT2D eigenvalue weighted by Gasteiger charge is -2.24. The molecule has 1 heterocycles. The number of hydrogen-bond acceptors (Lipinski definition) is 3. The highest BCUT2D eigenvalue weighted by atomic mass is 16.5. The summed E-state index contributed by atoms with van der Waals surface area (Å²) in [4.78, 5) is 26.4. The Hall–Kier alpha value is -2.08. The number of carbonyl (C=O) groups excluding carboxylic acids is 2. The largest absolute Gasteiger partial charge is 0.382 e. The molecule has 6 nitrogen and oxygen atoms in total. The van der Waals surface area contributed by atoms with Gasteiger partial charge < -0.3 is 20.3 Å². The zero-order valence-electron chi connectivity index (χ0n) is 14.5. The van der Waals surface area contributed by atoms with E-state index in [1.807, 2.05) is 38.1 Å². The smallest absolute Gasteiger partial charge is 0.322 e. The number of urea groups is 1. The zero-order chi connectivity index (χ0) is 17.4. The highest BCUT2D eigenvalue weighted by molar-refractivity contribution is 5.94. The Kier molecular flexibility index (Phi) is 7.06. The molecular weight excluding hydrogens is 306 g/mol. The number of aryl methyl sites for hydroxylation is 1. The predicted octanol–water partition coefficient (Wildman–Crippen LogP) is 2.53. The molecule has 1 fully saturated rings. The van der Waals surface area contributed by atoms with Crippen molar-refractivity contribution in [2.75, 3.05) is 31.6 Å². The molecule has 3 amide bonds. The quantitative estimate of drug-likeness (QED) is 0.753. The van der Waals surface area contributed by atoms with E-state index in [4.69, 9.17) is 4.74 Å². The van der Waals surface area contributed by atoms with E-state index in [1.165, 1.54) is 0 Å². The van der Waals surface area contributed by atoms with Crippen LogP contribution in [0.3, 0.4) is 0 Å². The van der Waals surface area contributed by atoms with Gasteiger partial charge in [-0.2, -0.15) is 0 Å². The van der Waals surface area contributed by atoms with Gasteiger partial charge >= 0.3 is 6.03 Å². The van der Waals surface area contributed by atoms with Crippen LogP contribution in [0.2, 0.25) is 0 Å². The zero-order valence-corrected chi connectivity index (χ0v) is 14.5. The molecule has 24 heavy (non-hydrogen) atoms. The van der Waals surface area contributed by atoms with Crippen molar-refractivity contribution in [2.45, 2.75) is 39.2 Å². The highest BCUT2D eigenvalue weighted by Gasteiger charge is 2.33. The van der Waals surface area contributed by atoms with Crippen LogP contribution in [0, 0.1) is 6.92 Å². The number of carbonyl (C=O) groups is 2. The van der Waals surface area contributed by atoms with E-state index in [0.717, 1.165) is 24.1 Å². The van der Waals surface area contributed by atoms with Crippen LogP contribution in [0.15, 0.2) is 24.3 Å². The van der Waals surface area contributed by atoms with Gasteiger partial charge in [-0.15, -0.1) is 0 Å². The van der Waals surface area contributed by atoms with E-state index in [2.05, 4.69) is 10.6 Å². The number of likely N-dealkylation sites (tertiary alicyclic amines) is 1. The fourth-order valence-electron chi connectivity index (χ4n) is 2.85. The molecule has 1 saturated heterocycles. The van der Waals surface area contributed by atoms with Gasteiger partial charge in [0.15, 0.2) is 0 Å². The molecule has 0 saturated carbocycles. The molecule has 1 aromatic rings. The Balaban J connectivity index is 1.85. The van der Waals surface area contributed by atoms with Crippen molar-refractivity contribution in [1.82, 2.24) is 10.2 Å².